The maximum atomic E-state index is 11.7. The number of aliphatic hydroxyl groups excluding tert-OH is 1. The Labute approximate surface area is 108 Å². The zero-order valence-corrected chi connectivity index (χ0v) is 11.1. The monoisotopic (exact) mass is 260 g/mol. The molecule has 0 aromatic heterocycles. The number of carbonyl (C=O) groups excluding carboxylic acids is 1. The molecule has 0 rings (SSSR count). The molecule has 0 heterocycles. The zero-order chi connectivity index (χ0) is 14.1. The second kappa shape index (κ2) is 8.88. The summed E-state index contributed by atoms with van der Waals surface area (Å²) < 4.78 is 0. The minimum atomic E-state index is -1.13. The Kier molecular flexibility index (Phi) is 8.32. The Morgan fingerprint density at radius 3 is 2.33 bits per heavy atom. The van der Waals surface area contributed by atoms with Crippen LogP contribution >= 0.6 is 0 Å². The van der Waals surface area contributed by atoms with E-state index in [2.05, 4.69) is 5.32 Å². The first-order valence-corrected chi connectivity index (χ1v) is 6.23. The maximum Gasteiger partial charge on any atom is 0.326 e. The van der Waals surface area contributed by atoms with Crippen LogP contribution in [0.15, 0.2) is 0 Å². The number of hydrogen-bond donors (Lipinski definition) is 4. The lowest BCUT2D eigenvalue weighted by atomic mass is 9.94. The predicted octanol–water partition coefficient (Wildman–Crippen LogP) is -0.0507. The van der Waals surface area contributed by atoms with Crippen LogP contribution in [-0.4, -0.2) is 41.3 Å². The SMILES string of the molecule is CC(C)C[C@H](CN)CC(=O)NC(CCO)C(=O)O. The van der Waals surface area contributed by atoms with E-state index in [-0.39, 0.29) is 31.3 Å². The highest BCUT2D eigenvalue weighted by atomic mass is 16.4. The van der Waals surface area contributed by atoms with Gasteiger partial charge >= 0.3 is 5.97 Å². The Morgan fingerprint density at radius 2 is 1.94 bits per heavy atom. The number of hydrogen-bond acceptors (Lipinski definition) is 4. The third-order valence-corrected chi connectivity index (χ3v) is 2.66. The molecule has 18 heavy (non-hydrogen) atoms. The van der Waals surface area contributed by atoms with Crippen molar-refractivity contribution in [1.29, 1.82) is 0 Å². The molecule has 0 saturated heterocycles. The van der Waals surface area contributed by atoms with E-state index in [1.165, 1.54) is 0 Å². The molecule has 1 unspecified atom stereocenters. The molecule has 0 spiro atoms. The number of nitrogens with two attached hydrogens (primary N) is 1. The average molecular weight is 260 g/mol. The number of carboxylic acids is 1. The molecule has 0 aliphatic carbocycles. The Balaban J connectivity index is 4.24. The summed E-state index contributed by atoms with van der Waals surface area (Å²) in [5, 5.41) is 20.0. The molecule has 0 aromatic rings. The van der Waals surface area contributed by atoms with Gasteiger partial charge in [-0.15, -0.1) is 0 Å². The number of rotatable bonds is 9. The van der Waals surface area contributed by atoms with Crippen molar-refractivity contribution < 1.29 is 19.8 Å². The summed E-state index contributed by atoms with van der Waals surface area (Å²) in [7, 11) is 0. The number of nitrogens with one attached hydrogen (secondary N) is 1. The van der Waals surface area contributed by atoms with E-state index in [0.29, 0.717) is 12.5 Å². The third kappa shape index (κ3) is 7.24. The van der Waals surface area contributed by atoms with Gasteiger partial charge in [-0.25, -0.2) is 4.79 Å². The van der Waals surface area contributed by atoms with Crippen LogP contribution in [0.1, 0.15) is 33.1 Å². The second-order valence-corrected chi connectivity index (χ2v) is 4.91. The molecule has 1 amide bonds. The molecule has 0 radical (unpaired) electrons. The highest BCUT2D eigenvalue weighted by Gasteiger charge is 2.21. The molecule has 0 fully saturated rings. The molecule has 0 bridgehead atoms. The maximum absolute atomic E-state index is 11.7. The van der Waals surface area contributed by atoms with Gasteiger partial charge < -0.3 is 21.3 Å². The Morgan fingerprint density at radius 1 is 1.33 bits per heavy atom. The Bertz CT molecular complexity index is 269. The molecule has 106 valence electrons. The lowest BCUT2D eigenvalue weighted by Gasteiger charge is -2.18. The van der Waals surface area contributed by atoms with Crippen LogP contribution < -0.4 is 11.1 Å². The predicted molar refractivity (Wildman–Crippen MR) is 67.9 cm³/mol. The highest BCUT2D eigenvalue weighted by molar-refractivity contribution is 5.83. The van der Waals surface area contributed by atoms with Gasteiger partial charge in [-0.2, -0.15) is 0 Å². The van der Waals surface area contributed by atoms with Gasteiger partial charge in [0.2, 0.25) is 5.91 Å². The Hall–Kier alpha value is -1.14. The van der Waals surface area contributed by atoms with Gasteiger partial charge in [-0.3, -0.25) is 4.79 Å². The fourth-order valence-corrected chi connectivity index (χ4v) is 1.83. The van der Waals surface area contributed by atoms with Crippen molar-refractivity contribution in [3.8, 4) is 0 Å². The van der Waals surface area contributed by atoms with Gasteiger partial charge in [0.05, 0.1) is 0 Å². The fourth-order valence-electron chi connectivity index (χ4n) is 1.83. The van der Waals surface area contributed by atoms with Crippen molar-refractivity contribution in [2.45, 2.75) is 39.2 Å². The molecule has 0 aromatic carbocycles. The lowest BCUT2D eigenvalue weighted by molar-refractivity contribution is -0.142. The number of amides is 1. The van der Waals surface area contributed by atoms with Crippen LogP contribution in [0, 0.1) is 11.8 Å². The molecule has 6 heteroatoms. The zero-order valence-electron chi connectivity index (χ0n) is 11.1. The first-order valence-electron chi connectivity index (χ1n) is 6.23. The normalized spacial score (nSPS) is 14.3. The van der Waals surface area contributed by atoms with Crippen molar-refractivity contribution in [2.75, 3.05) is 13.2 Å². The molecule has 0 aliphatic heterocycles. The van der Waals surface area contributed by atoms with Crippen molar-refractivity contribution >= 4 is 11.9 Å². The average Bonchev–Trinajstić information content (AvgIpc) is 2.26. The minimum absolute atomic E-state index is 0.0124. The second-order valence-electron chi connectivity index (χ2n) is 4.91. The lowest BCUT2D eigenvalue weighted by Crippen LogP contribution is -2.42. The summed E-state index contributed by atoms with van der Waals surface area (Å²) in [6.45, 7) is 4.23. The highest BCUT2D eigenvalue weighted by Crippen LogP contribution is 2.14. The van der Waals surface area contributed by atoms with E-state index >= 15 is 0 Å². The van der Waals surface area contributed by atoms with E-state index in [9.17, 15) is 9.59 Å². The van der Waals surface area contributed by atoms with Gasteiger partial charge in [0.15, 0.2) is 0 Å². The fraction of sp³-hybridized carbons (Fsp3) is 0.833. The van der Waals surface area contributed by atoms with Crippen molar-refractivity contribution in [2.24, 2.45) is 17.6 Å². The number of carboxylic acid groups (broad SMARTS) is 1. The molecule has 6 nitrogen and oxygen atoms in total. The van der Waals surface area contributed by atoms with Gasteiger partial charge in [0.1, 0.15) is 6.04 Å². The standard InChI is InChI=1S/C12H24N2O4/c1-8(2)5-9(7-13)6-11(16)14-10(3-4-15)12(17)18/h8-10,15H,3-7,13H2,1-2H3,(H,14,16)(H,17,18)/t9-,10?/m0/s1. The van der Waals surface area contributed by atoms with E-state index in [4.69, 9.17) is 15.9 Å². The van der Waals surface area contributed by atoms with E-state index in [1.54, 1.807) is 0 Å². The summed E-state index contributed by atoms with van der Waals surface area (Å²) in [6.07, 6.45) is 1.07. The molecule has 0 aliphatic rings. The summed E-state index contributed by atoms with van der Waals surface area (Å²) in [5.74, 6) is -0.954. The van der Waals surface area contributed by atoms with E-state index < -0.39 is 12.0 Å². The summed E-state index contributed by atoms with van der Waals surface area (Å²) in [6, 6.07) is -1.03. The van der Waals surface area contributed by atoms with Crippen molar-refractivity contribution in [1.82, 2.24) is 5.32 Å². The summed E-state index contributed by atoms with van der Waals surface area (Å²) in [5.41, 5.74) is 5.58. The van der Waals surface area contributed by atoms with E-state index in [0.717, 1.165) is 6.42 Å². The van der Waals surface area contributed by atoms with Crippen LogP contribution in [0.25, 0.3) is 0 Å². The van der Waals surface area contributed by atoms with Gasteiger partial charge in [-0.1, -0.05) is 13.8 Å². The molecule has 2 atom stereocenters. The van der Waals surface area contributed by atoms with Crippen LogP contribution in [-0.2, 0) is 9.59 Å². The van der Waals surface area contributed by atoms with E-state index in [1.807, 2.05) is 13.8 Å². The first-order chi connectivity index (χ1) is 8.40. The molecule has 5 N–H and O–H groups in total. The third-order valence-electron chi connectivity index (χ3n) is 2.66. The largest absolute Gasteiger partial charge is 0.480 e. The van der Waals surface area contributed by atoms with Gasteiger partial charge in [-0.05, 0) is 24.8 Å². The summed E-state index contributed by atoms with van der Waals surface area (Å²) in [4.78, 5) is 22.5. The number of aliphatic carboxylic acids is 1. The smallest absolute Gasteiger partial charge is 0.326 e. The molecular weight excluding hydrogens is 236 g/mol. The number of aliphatic hydroxyl groups is 1. The number of carbonyl (C=O) groups is 2. The molecule has 0 saturated carbocycles. The van der Waals surface area contributed by atoms with Gasteiger partial charge in [0, 0.05) is 19.4 Å². The van der Waals surface area contributed by atoms with Crippen LogP contribution in [0.3, 0.4) is 0 Å². The van der Waals surface area contributed by atoms with Crippen LogP contribution in [0.2, 0.25) is 0 Å². The van der Waals surface area contributed by atoms with Crippen molar-refractivity contribution in [3.05, 3.63) is 0 Å². The molecular formula is C12H24N2O4. The van der Waals surface area contributed by atoms with Crippen molar-refractivity contribution in [3.63, 3.8) is 0 Å². The minimum Gasteiger partial charge on any atom is -0.480 e. The van der Waals surface area contributed by atoms with Crippen LogP contribution in [0.5, 0.6) is 0 Å². The first kappa shape index (κ1) is 16.9. The quantitative estimate of drug-likeness (QED) is 0.464. The topological polar surface area (TPSA) is 113 Å². The van der Waals surface area contributed by atoms with Crippen LogP contribution in [0.4, 0.5) is 0 Å². The summed E-state index contributed by atoms with van der Waals surface area (Å²) >= 11 is 0. The van der Waals surface area contributed by atoms with Gasteiger partial charge in [0.25, 0.3) is 0 Å².